The Labute approximate surface area is 144 Å². The van der Waals surface area contributed by atoms with Crippen molar-refractivity contribution in [3.63, 3.8) is 0 Å². The van der Waals surface area contributed by atoms with Crippen molar-refractivity contribution in [2.24, 2.45) is 0 Å². The highest BCUT2D eigenvalue weighted by Crippen LogP contribution is 2.32. The monoisotopic (exact) mass is 345 g/mol. The lowest BCUT2D eigenvalue weighted by molar-refractivity contribution is -0.127. The summed E-state index contributed by atoms with van der Waals surface area (Å²) >= 11 is 5.97. The first-order chi connectivity index (χ1) is 11.7. The highest BCUT2D eigenvalue weighted by Gasteiger charge is 2.30. The van der Waals surface area contributed by atoms with E-state index < -0.39 is 6.10 Å². The van der Waals surface area contributed by atoms with Crippen molar-refractivity contribution in [2.45, 2.75) is 18.6 Å². The molecule has 5 nitrogen and oxygen atoms in total. The summed E-state index contributed by atoms with van der Waals surface area (Å²) in [5, 5.41) is 3.52. The molecule has 0 fully saturated rings. The molecule has 1 N–H and O–H groups in total. The fourth-order valence-electron chi connectivity index (χ4n) is 2.86. The molecule has 0 aliphatic carbocycles. The van der Waals surface area contributed by atoms with Crippen LogP contribution in [-0.4, -0.2) is 31.3 Å². The second kappa shape index (κ2) is 6.24. The Balaban J connectivity index is 1.32. The summed E-state index contributed by atoms with van der Waals surface area (Å²) < 4.78 is 17.1. The molecular weight excluding hydrogens is 330 g/mol. The maximum atomic E-state index is 12.3. The van der Waals surface area contributed by atoms with Crippen molar-refractivity contribution in [3.8, 4) is 17.2 Å². The van der Waals surface area contributed by atoms with Crippen LogP contribution in [0, 0.1) is 0 Å². The molecule has 0 bridgehead atoms. The van der Waals surface area contributed by atoms with E-state index in [1.165, 1.54) is 0 Å². The first kappa shape index (κ1) is 15.1. The molecule has 0 unspecified atom stereocenters. The summed E-state index contributed by atoms with van der Waals surface area (Å²) in [6.07, 6.45) is -0.232. The number of carbonyl (C=O) groups excluding carboxylic acids is 1. The van der Waals surface area contributed by atoms with Crippen LogP contribution in [0.5, 0.6) is 17.2 Å². The van der Waals surface area contributed by atoms with Crippen molar-refractivity contribution in [1.29, 1.82) is 0 Å². The number of carbonyl (C=O) groups is 1. The fraction of sp³-hybridized carbons (Fsp3) is 0.278. The maximum Gasteiger partial charge on any atom is 0.261 e. The first-order valence-corrected chi connectivity index (χ1v) is 8.18. The van der Waals surface area contributed by atoms with Gasteiger partial charge in [0.05, 0.1) is 6.54 Å². The Bertz CT molecular complexity index is 779. The van der Waals surface area contributed by atoms with Crippen LogP contribution in [0.2, 0.25) is 5.02 Å². The van der Waals surface area contributed by atoms with Crippen LogP contribution in [0.4, 0.5) is 0 Å². The molecule has 0 saturated heterocycles. The van der Waals surface area contributed by atoms with Crippen LogP contribution in [0.25, 0.3) is 0 Å². The van der Waals surface area contributed by atoms with Gasteiger partial charge in [-0.3, -0.25) is 4.79 Å². The van der Waals surface area contributed by atoms with Gasteiger partial charge in [0, 0.05) is 11.4 Å². The zero-order valence-corrected chi connectivity index (χ0v) is 13.6. The molecule has 0 spiro atoms. The first-order valence-electron chi connectivity index (χ1n) is 7.80. The minimum atomic E-state index is -0.532. The molecule has 124 valence electrons. The van der Waals surface area contributed by atoms with E-state index in [4.69, 9.17) is 25.8 Å². The second-order valence-electron chi connectivity index (χ2n) is 5.81. The van der Waals surface area contributed by atoms with Gasteiger partial charge in [0.1, 0.15) is 18.5 Å². The van der Waals surface area contributed by atoms with Crippen LogP contribution >= 0.6 is 11.6 Å². The van der Waals surface area contributed by atoms with E-state index in [0.29, 0.717) is 36.1 Å². The average molecular weight is 346 g/mol. The number of nitrogens with one attached hydrogen (secondary N) is 1. The van der Waals surface area contributed by atoms with E-state index in [1.807, 2.05) is 30.3 Å². The SMILES string of the molecule is O=C(NC[C@@H]1COc2ccccc2O1)[C@@H]1Cc2cc(Cl)ccc2O1. The van der Waals surface area contributed by atoms with E-state index in [9.17, 15) is 4.79 Å². The molecular formula is C18H16ClNO4. The number of rotatable bonds is 3. The zero-order valence-electron chi connectivity index (χ0n) is 12.8. The standard InChI is InChI=1S/C18H16ClNO4/c19-12-5-6-14-11(7-12)8-17(24-14)18(21)20-9-13-10-22-15-3-1-2-4-16(15)23-13/h1-7,13,17H,8-10H2,(H,20,21)/t13-,17+/m1/s1. The number of fused-ring (bicyclic) bond motifs is 2. The number of amides is 1. The Kier molecular flexibility index (Phi) is 3.94. The van der Waals surface area contributed by atoms with E-state index in [1.54, 1.807) is 12.1 Å². The van der Waals surface area contributed by atoms with Crippen molar-refractivity contribution in [3.05, 3.63) is 53.1 Å². The lowest BCUT2D eigenvalue weighted by Crippen LogP contribution is -2.45. The zero-order chi connectivity index (χ0) is 16.5. The van der Waals surface area contributed by atoms with Gasteiger partial charge in [0.25, 0.3) is 5.91 Å². The van der Waals surface area contributed by atoms with Gasteiger partial charge in [0.2, 0.25) is 0 Å². The van der Waals surface area contributed by atoms with Crippen LogP contribution in [0.3, 0.4) is 0 Å². The fourth-order valence-corrected chi connectivity index (χ4v) is 3.05. The molecule has 6 heteroatoms. The van der Waals surface area contributed by atoms with E-state index in [2.05, 4.69) is 5.32 Å². The summed E-state index contributed by atoms with van der Waals surface area (Å²) in [4.78, 5) is 12.3. The highest BCUT2D eigenvalue weighted by molar-refractivity contribution is 6.30. The molecule has 2 atom stereocenters. The van der Waals surface area contributed by atoms with Gasteiger partial charge >= 0.3 is 0 Å². The van der Waals surface area contributed by atoms with Crippen molar-refractivity contribution < 1.29 is 19.0 Å². The molecule has 0 aromatic heterocycles. The quantitative estimate of drug-likeness (QED) is 0.929. The topological polar surface area (TPSA) is 56.8 Å². The van der Waals surface area contributed by atoms with Crippen LogP contribution in [0.1, 0.15) is 5.56 Å². The third-order valence-electron chi connectivity index (χ3n) is 4.06. The second-order valence-corrected chi connectivity index (χ2v) is 6.24. The van der Waals surface area contributed by atoms with Crippen molar-refractivity contribution >= 4 is 17.5 Å². The van der Waals surface area contributed by atoms with Crippen LogP contribution in [-0.2, 0) is 11.2 Å². The Morgan fingerprint density at radius 1 is 1.12 bits per heavy atom. The molecule has 4 rings (SSSR count). The number of hydrogen-bond donors (Lipinski definition) is 1. The summed E-state index contributed by atoms with van der Waals surface area (Å²) in [6.45, 7) is 0.767. The molecule has 24 heavy (non-hydrogen) atoms. The van der Waals surface area contributed by atoms with Gasteiger partial charge < -0.3 is 19.5 Å². The molecule has 0 saturated carbocycles. The third kappa shape index (κ3) is 2.99. The maximum absolute atomic E-state index is 12.3. The van der Waals surface area contributed by atoms with Crippen LogP contribution < -0.4 is 19.5 Å². The van der Waals surface area contributed by atoms with Gasteiger partial charge in [-0.25, -0.2) is 0 Å². The summed E-state index contributed by atoms with van der Waals surface area (Å²) in [6, 6.07) is 12.9. The predicted molar refractivity (Wildman–Crippen MR) is 88.9 cm³/mol. The Morgan fingerprint density at radius 3 is 2.83 bits per heavy atom. The van der Waals surface area contributed by atoms with E-state index in [0.717, 1.165) is 11.3 Å². The number of para-hydroxylation sites is 2. The number of halogens is 1. The lowest BCUT2D eigenvalue weighted by Gasteiger charge is -2.26. The average Bonchev–Trinajstić information content (AvgIpc) is 3.02. The van der Waals surface area contributed by atoms with Gasteiger partial charge in [-0.05, 0) is 35.9 Å². The molecule has 2 aromatic carbocycles. The third-order valence-corrected chi connectivity index (χ3v) is 4.30. The highest BCUT2D eigenvalue weighted by atomic mass is 35.5. The van der Waals surface area contributed by atoms with Gasteiger partial charge in [0.15, 0.2) is 17.6 Å². The summed E-state index contributed by atoms with van der Waals surface area (Å²) in [5.41, 5.74) is 0.953. The van der Waals surface area contributed by atoms with Crippen molar-refractivity contribution in [1.82, 2.24) is 5.32 Å². The van der Waals surface area contributed by atoms with Crippen molar-refractivity contribution in [2.75, 3.05) is 13.2 Å². The minimum absolute atomic E-state index is 0.162. The molecule has 2 aliphatic heterocycles. The smallest absolute Gasteiger partial charge is 0.261 e. The number of benzene rings is 2. The van der Waals surface area contributed by atoms with Crippen LogP contribution in [0.15, 0.2) is 42.5 Å². The molecule has 1 amide bonds. The normalized spacial score (nSPS) is 20.9. The van der Waals surface area contributed by atoms with Gasteiger partial charge in [-0.2, -0.15) is 0 Å². The molecule has 2 heterocycles. The van der Waals surface area contributed by atoms with E-state index in [-0.39, 0.29) is 12.0 Å². The van der Waals surface area contributed by atoms with Gasteiger partial charge in [-0.1, -0.05) is 23.7 Å². The Hall–Kier alpha value is -2.40. The lowest BCUT2D eigenvalue weighted by atomic mass is 10.1. The largest absolute Gasteiger partial charge is 0.486 e. The van der Waals surface area contributed by atoms with Gasteiger partial charge in [-0.15, -0.1) is 0 Å². The summed E-state index contributed by atoms with van der Waals surface area (Å²) in [7, 11) is 0. The molecule has 0 radical (unpaired) electrons. The van der Waals surface area contributed by atoms with E-state index >= 15 is 0 Å². The number of ether oxygens (including phenoxy) is 3. The Morgan fingerprint density at radius 2 is 1.96 bits per heavy atom. The number of hydrogen-bond acceptors (Lipinski definition) is 4. The molecule has 2 aliphatic rings. The predicted octanol–water partition coefficient (Wildman–Crippen LogP) is 2.60. The summed E-state index contributed by atoms with van der Waals surface area (Å²) in [5.74, 6) is 1.98. The minimum Gasteiger partial charge on any atom is -0.486 e. The molecule has 2 aromatic rings.